The predicted octanol–water partition coefficient (Wildman–Crippen LogP) is 3.41. The molecule has 0 amide bonds. The molecule has 0 bridgehead atoms. The van der Waals surface area contributed by atoms with Crippen LogP contribution >= 0.6 is 0 Å². The van der Waals surface area contributed by atoms with Crippen LogP contribution in [0.5, 0.6) is 11.5 Å². The van der Waals surface area contributed by atoms with Crippen molar-refractivity contribution in [3.05, 3.63) is 59.7 Å². The minimum atomic E-state index is -0.880. The van der Waals surface area contributed by atoms with E-state index < -0.39 is 18.2 Å². The SMILES string of the molecule is CCOC(=O)C1CCc2ccccc2O1.O=C(O)C1CCc2ccccc2O1. The van der Waals surface area contributed by atoms with E-state index in [1.54, 1.807) is 6.92 Å². The predicted molar refractivity (Wildman–Crippen MR) is 103 cm³/mol. The highest BCUT2D eigenvalue weighted by Gasteiger charge is 2.27. The van der Waals surface area contributed by atoms with Crippen LogP contribution < -0.4 is 9.47 Å². The van der Waals surface area contributed by atoms with Gasteiger partial charge in [0.1, 0.15) is 11.5 Å². The number of ether oxygens (including phenoxy) is 3. The van der Waals surface area contributed by atoms with E-state index in [4.69, 9.17) is 19.3 Å². The van der Waals surface area contributed by atoms with Crippen molar-refractivity contribution in [1.82, 2.24) is 0 Å². The lowest BCUT2D eigenvalue weighted by atomic mass is 10.0. The molecule has 0 aliphatic carbocycles. The molecular weight excluding hydrogens is 360 g/mol. The number of benzene rings is 2. The van der Waals surface area contributed by atoms with Crippen molar-refractivity contribution in [2.24, 2.45) is 0 Å². The lowest BCUT2D eigenvalue weighted by Crippen LogP contribution is -2.32. The first kappa shape index (κ1) is 19.7. The van der Waals surface area contributed by atoms with Crippen LogP contribution in [-0.4, -0.2) is 35.9 Å². The molecule has 1 N–H and O–H groups in total. The molecule has 2 aromatic carbocycles. The number of fused-ring (bicyclic) bond motifs is 2. The quantitative estimate of drug-likeness (QED) is 0.817. The number of carboxylic acid groups (broad SMARTS) is 1. The van der Waals surface area contributed by atoms with E-state index in [2.05, 4.69) is 0 Å². The molecular formula is C22H24O6. The summed E-state index contributed by atoms with van der Waals surface area (Å²) in [5.74, 6) is 0.379. The first-order valence-electron chi connectivity index (χ1n) is 9.47. The van der Waals surface area contributed by atoms with E-state index in [-0.39, 0.29) is 5.97 Å². The Morgan fingerprint density at radius 2 is 1.43 bits per heavy atom. The Labute approximate surface area is 164 Å². The molecule has 6 heteroatoms. The zero-order valence-corrected chi connectivity index (χ0v) is 15.8. The topological polar surface area (TPSA) is 82.1 Å². The lowest BCUT2D eigenvalue weighted by molar-refractivity contribution is -0.152. The van der Waals surface area contributed by atoms with Crippen LogP contribution in [-0.2, 0) is 27.2 Å². The summed E-state index contributed by atoms with van der Waals surface area (Å²) in [6.07, 6.45) is 1.82. The fourth-order valence-electron chi connectivity index (χ4n) is 3.22. The maximum absolute atomic E-state index is 11.5. The zero-order chi connectivity index (χ0) is 19.9. The number of hydrogen-bond donors (Lipinski definition) is 1. The third-order valence-corrected chi connectivity index (χ3v) is 4.66. The third kappa shape index (κ3) is 4.82. The first-order chi connectivity index (χ1) is 13.6. The molecule has 2 atom stereocenters. The van der Waals surface area contributed by atoms with Gasteiger partial charge in [-0.3, -0.25) is 0 Å². The van der Waals surface area contributed by atoms with E-state index in [0.29, 0.717) is 25.2 Å². The highest BCUT2D eigenvalue weighted by Crippen LogP contribution is 2.28. The van der Waals surface area contributed by atoms with Gasteiger partial charge in [-0.2, -0.15) is 0 Å². The smallest absolute Gasteiger partial charge is 0.347 e. The van der Waals surface area contributed by atoms with E-state index in [9.17, 15) is 9.59 Å². The first-order valence-corrected chi connectivity index (χ1v) is 9.47. The Hall–Kier alpha value is -3.02. The number of hydrogen-bond acceptors (Lipinski definition) is 5. The second-order valence-corrected chi connectivity index (χ2v) is 6.60. The highest BCUT2D eigenvalue weighted by molar-refractivity contribution is 5.75. The van der Waals surface area contributed by atoms with Gasteiger partial charge in [-0.05, 0) is 55.9 Å². The number of rotatable bonds is 3. The summed E-state index contributed by atoms with van der Waals surface area (Å²) in [5, 5.41) is 8.74. The fourth-order valence-corrected chi connectivity index (χ4v) is 3.22. The third-order valence-electron chi connectivity index (χ3n) is 4.66. The summed E-state index contributed by atoms with van der Waals surface area (Å²) in [4.78, 5) is 22.1. The van der Waals surface area contributed by atoms with Crippen LogP contribution in [0.1, 0.15) is 30.9 Å². The van der Waals surface area contributed by atoms with Crippen molar-refractivity contribution < 1.29 is 28.9 Å². The van der Waals surface area contributed by atoms with Crippen LogP contribution in [0, 0.1) is 0 Å². The molecule has 0 saturated heterocycles. The van der Waals surface area contributed by atoms with Gasteiger partial charge in [-0.1, -0.05) is 36.4 Å². The molecule has 0 aromatic heterocycles. The average molecular weight is 384 g/mol. The van der Waals surface area contributed by atoms with Gasteiger partial charge in [0.25, 0.3) is 0 Å². The normalized spacial score (nSPS) is 19.5. The summed E-state index contributed by atoms with van der Waals surface area (Å²) in [5.41, 5.74) is 2.26. The van der Waals surface area contributed by atoms with Crippen molar-refractivity contribution in [2.45, 2.75) is 44.8 Å². The Morgan fingerprint density at radius 1 is 0.929 bits per heavy atom. The summed E-state index contributed by atoms with van der Waals surface area (Å²) >= 11 is 0. The molecule has 2 aliphatic heterocycles. The molecule has 4 rings (SSSR count). The molecule has 2 unspecified atom stereocenters. The molecule has 6 nitrogen and oxygen atoms in total. The lowest BCUT2D eigenvalue weighted by Gasteiger charge is -2.24. The Balaban J connectivity index is 0.000000162. The average Bonchev–Trinajstić information content (AvgIpc) is 2.73. The largest absolute Gasteiger partial charge is 0.479 e. The van der Waals surface area contributed by atoms with Gasteiger partial charge >= 0.3 is 11.9 Å². The highest BCUT2D eigenvalue weighted by atomic mass is 16.6. The maximum atomic E-state index is 11.5. The Morgan fingerprint density at radius 3 is 1.96 bits per heavy atom. The second kappa shape index (κ2) is 9.26. The standard InChI is InChI=1S/C12H14O3.C10H10O3/c1-2-14-12(13)11-8-7-9-5-3-4-6-10(9)15-11;11-10(12)9-6-5-7-3-1-2-4-8(7)13-9/h3-6,11H,2,7-8H2,1H3;1-4,9H,5-6H2,(H,11,12). The second-order valence-electron chi connectivity index (χ2n) is 6.60. The summed E-state index contributed by atoms with van der Waals surface area (Å²) in [6, 6.07) is 15.4. The van der Waals surface area contributed by atoms with Crippen molar-refractivity contribution >= 4 is 11.9 Å². The van der Waals surface area contributed by atoms with Gasteiger partial charge in [0.05, 0.1) is 6.61 Å². The Bertz CT molecular complexity index is 831. The molecule has 0 saturated carbocycles. The Kier molecular flexibility index (Phi) is 6.53. The van der Waals surface area contributed by atoms with E-state index in [1.807, 2.05) is 48.5 Å². The monoisotopic (exact) mass is 384 g/mol. The van der Waals surface area contributed by atoms with Crippen LogP contribution in [0.15, 0.2) is 48.5 Å². The molecule has 2 aromatic rings. The molecule has 0 fully saturated rings. The number of esters is 1. The maximum Gasteiger partial charge on any atom is 0.347 e. The summed E-state index contributed by atoms with van der Waals surface area (Å²) in [6.45, 7) is 2.20. The number of aliphatic carboxylic acids is 1. The molecule has 148 valence electrons. The van der Waals surface area contributed by atoms with Crippen molar-refractivity contribution in [1.29, 1.82) is 0 Å². The van der Waals surface area contributed by atoms with Gasteiger partial charge in [-0.25, -0.2) is 9.59 Å². The molecule has 0 radical (unpaired) electrons. The van der Waals surface area contributed by atoms with Crippen LogP contribution in [0.25, 0.3) is 0 Å². The van der Waals surface area contributed by atoms with Crippen molar-refractivity contribution in [2.75, 3.05) is 6.61 Å². The van der Waals surface area contributed by atoms with Gasteiger partial charge in [0.2, 0.25) is 0 Å². The van der Waals surface area contributed by atoms with Crippen LogP contribution in [0.3, 0.4) is 0 Å². The van der Waals surface area contributed by atoms with Crippen LogP contribution in [0.2, 0.25) is 0 Å². The van der Waals surface area contributed by atoms with Gasteiger partial charge in [-0.15, -0.1) is 0 Å². The van der Waals surface area contributed by atoms with Gasteiger partial charge < -0.3 is 19.3 Å². The van der Waals surface area contributed by atoms with E-state index >= 15 is 0 Å². The molecule has 28 heavy (non-hydrogen) atoms. The number of carbonyl (C=O) groups excluding carboxylic acids is 1. The van der Waals surface area contributed by atoms with Crippen molar-refractivity contribution in [3.8, 4) is 11.5 Å². The number of carboxylic acids is 1. The van der Waals surface area contributed by atoms with Gasteiger partial charge in [0, 0.05) is 0 Å². The molecule has 2 aliphatic rings. The van der Waals surface area contributed by atoms with Gasteiger partial charge in [0.15, 0.2) is 12.2 Å². The minimum Gasteiger partial charge on any atom is -0.479 e. The zero-order valence-electron chi connectivity index (χ0n) is 15.8. The van der Waals surface area contributed by atoms with Crippen molar-refractivity contribution in [3.63, 3.8) is 0 Å². The number of carbonyl (C=O) groups is 2. The number of aryl methyl sites for hydroxylation is 2. The summed E-state index contributed by atoms with van der Waals surface area (Å²) < 4.78 is 15.8. The molecule has 2 heterocycles. The van der Waals surface area contributed by atoms with Crippen LogP contribution in [0.4, 0.5) is 0 Å². The number of para-hydroxylation sites is 2. The van der Waals surface area contributed by atoms with E-state index in [0.717, 1.165) is 29.7 Å². The summed E-state index contributed by atoms with van der Waals surface area (Å²) in [7, 11) is 0. The van der Waals surface area contributed by atoms with E-state index in [1.165, 1.54) is 0 Å². The molecule has 0 spiro atoms. The minimum absolute atomic E-state index is 0.257. The fraction of sp³-hybridized carbons (Fsp3) is 0.364.